The van der Waals surface area contributed by atoms with Crippen LogP contribution in [0.5, 0.6) is 0 Å². The highest BCUT2D eigenvalue weighted by molar-refractivity contribution is 7.11. The van der Waals surface area contributed by atoms with Gasteiger partial charge < -0.3 is 5.32 Å². The second-order valence-electron chi connectivity index (χ2n) is 4.72. The van der Waals surface area contributed by atoms with E-state index in [2.05, 4.69) is 39.6 Å². The smallest absolute Gasteiger partial charge is 0.291 e. The first-order chi connectivity index (χ1) is 9.26. The molecule has 1 saturated carbocycles. The average molecular weight is 276 g/mol. The summed E-state index contributed by atoms with van der Waals surface area (Å²) in [5.41, 5.74) is 0. The lowest BCUT2D eigenvalue weighted by Gasteiger charge is -1.99. The zero-order chi connectivity index (χ0) is 13.2. The summed E-state index contributed by atoms with van der Waals surface area (Å²) in [6, 6.07) is 4.15. The number of nitrogens with zero attached hydrogens (tertiary/aromatic N) is 2. The van der Waals surface area contributed by atoms with E-state index < -0.39 is 0 Å². The molecule has 19 heavy (non-hydrogen) atoms. The maximum atomic E-state index is 11.9. The zero-order valence-electron chi connectivity index (χ0n) is 10.8. The van der Waals surface area contributed by atoms with Crippen LogP contribution in [0.4, 0.5) is 0 Å². The molecule has 2 aromatic rings. The first-order valence-corrected chi connectivity index (χ1v) is 7.36. The number of rotatable bonds is 5. The van der Waals surface area contributed by atoms with Gasteiger partial charge in [-0.25, -0.2) is 4.98 Å². The molecule has 100 valence electrons. The van der Waals surface area contributed by atoms with Crippen LogP contribution in [0.2, 0.25) is 0 Å². The SMILES string of the molecule is CCc1ccc(CNC(=O)c2n[nH]c(C3CC3)n2)s1. The molecule has 0 unspecified atom stereocenters. The number of aromatic amines is 1. The fraction of sp³-hybridized carbons (Fsp3) is 0.462. The first-order valence-electron chi connectivity index (χ1n) is 6.54. The molecule has 1 aliphatic rings. The summed E-state index contributed by atoms with van der Waals surface area (Å²) < 4.78 is 0. The van der Waals surface area contributed by atoms with Crippen molar-refractivity contribution >= 4 is 17.2 Å². The maximum Gasteiger partial charge on any atom is 0.291 e. The van der Waals surface area contributed by atoms with Gasteiger partial charge in [0.2, 0.25) is 5.82 Å². The van der Waals surface area contributed by atoms with Crippen LogP contribution < -0.4 is 5.32 Å². The lowest BCUT2D eigenvalue weighted by molar-refractivity contribution is 0.0941. The molecule has 5 nitrogen and oxygen atoms in total. The number of carbonyl (C=O) groups is 1. The summed E-state index contributed by atoms with van der Waals surface area (Å²) in [5, 5.41) is 9.66. The van der Waals surface area contributed by atoms with Gasteiger partial charge in [0.1, 0.15) is 5.82 Å². The molecule has 1 amide bonds. The van der Waals surface area contributed by atoms with Gasteiger partial charge in [0.25, 0.3) is 5.91 Å². The van der Waals surface area contributed by atoms with Gasteiger partial charge in [0.05, 0.1) is 6.54 Å². The van der Waals surface area contributed by atoms with Crippen LogP contribution in [0.15, 0.2) is 12.1 Å². The molecule has 1 aliphatic carbocycles. The summed E-state index contributed by atoms with van der Waals surface area (Å²) in [6.45, 7) is 2.66. The van der Waals surface area contributed by atoms with Gasteiger partial charge in [-0.05, 0) is 31.4 Å². The summed E-state index contributed by atoms with van der Waals surface area (Å²) in [5.74, 6) is 1.36. The molecule has 0 aliphatic heterocycles. The van der Waals surface area contributed by atoms with E-state index in [1.807, 2.05) is 0 Å². The predicted octanol–water partition coefficient (Wildman–Crippen LogP) is 2.24. The number of nitrogens with one attached hydrogen (secondary N) is 2. The third-order valence-corrected chi connectivity index (χ3v) is 4.39. The Labute approximate surface area is 115 Å². The van der Waals surface area contributed by atoms with Crippen molar-refractivity contribution < 1.29 is 4.79 Å². The van der Waals surface area contributed by atoms with E-state index in [-0.39, 0.29) is 11.7 Å². The largest absolute Gasteiger partial charge is 0.344 e. The number of amides is 1. The standard InChI is InChI=1S/C13H16N4OS/c1-2-9-5-6-10(19-9)7-14-13(18)12-15-11(16-17-12)8-3-4-8/h5-6,8H,2-4,7H2,1H3,(H,14,18)(H,15,16,17). The number of carbonyl (C=O) groups excluding carboxylic acids is 1. The van der Waals surface area contributed by atoms with E-state index in [1.54, 1.807) is 11.3 Å². The van der Waals surface area contributed by atoms with E-state index in [4.69, 9.17) is 0 Å². The van der Waals surface area contributed by atoms with Gasteiger partial charge in [-0.1, -0.05) is 6.92 Å². The molecule has 0 radical (unpaired) electrons. The lowest BCUT2D eigenvalue weighted by Crippen LogP contribution is -2.23. The zero-order valence-corrected chi connectivity index (χ0v) is 11.6. The Morgan fingerprint density at radius 1 is 1.47 bits per heavy atom. The minimum absolute atomic E-state index is 0.213. The second kappa shape index (κ2) is 5.13. The number of H-pyrrole nitrogens is 1. The number of hydrogen-bond acceptors (Lipinski definition) is 4. The van der Waals surface area contributed by atoms with Crippen LogP contribution in [-0.2, 0) is 13.0 Å². The van der Waals surface area contributed by atoms with Crippen LogP contribution >= 0.6 is 11.3 Å². The number of hydrogen-bond donors (Lipinski definition) is 2. The monoisotopic (exact) mass is 276 g/mol. The van der Waals surface area contributed by atoms with E-state index in [1.165, 1.54) is 4.88 Å². The third kappa shape index (κ3) is 2.84. The maximum absolute atomic E-state index is 11.9. The first kappa shape index (κ1) is 12.3. The van der Waals surface area contributed by atoms with Crippen LogP contribution in [0.25, 0.3) is 0 Å². The summed E-state index contributed by atoms with van der Waals surface area (Å²) in [4.78, 5) is 18.6. The molecule has 0 aromatic carbocycles. The number of thiophene rings is 1. The molecule has 0 spiro atoms. The minimum Gasteiger partial charge on any atom is -0.344 e. The second-order valence-corrected chi connectivity index (χ2v) is 5.98. The molecule has 6 heteroatoms. The Hall–Kier alpha value is -1.69. The summed E-state index contributed by atoms with van der Waals surface area (Å²) in [6.07, 6.45) is 3.32. The van der Waals surface area contributed by atoms with Crippen molar-refractivity contribution in [1.29, 1.82) is 0 Å². The predicted molar refractivity (Wildman–Crippen MR) is 73.2 cm³/mol. The average Bonchev–Trinajstić information content (AvgIpc) is 2.99. The lowest BCUT2D eigenvalue weighted by atomic mass is 10.3. The summed E-state index contributed by atoms with van der Waals surface area (Å²) in [7, 11) is 0. The van der Waals surface area contributed by atoms with Gasteiger partial charge in [-0.3, -0.25) is 9.89 Å². The number of aryl methyl sites for hydroxylation is 1. The molecule has 2 N–H and O–H groups in total. The Balaban J connectivity index is 1.57. The molecule has 2 heterocycles. The Bertz CT molecular complexity index is 585. The molecule has 2 aromatic heterocycles. The normalized spacial score (nSPS) is 14.6. The van der Waals surface area contributed by atoms with Crippen molar-refractivity contribution in [2.24, 2.45) is 0 Å². The van der Waals surface area contributed by atoms with Crippen molar-refractivity contribution in [3.63, 3.8) is 0 Å². The third-order valence-electron chi connectivity index (χ3n) is 3.16. The van der Waals surface area contributed by atoms with Gasteiger partial charge in [0, 0.05) is 15.7 Å². The van der Waals surface area contributed by atoms with Crippen molar-refractivity contribution in [3.8, 4) is 0 Å². The number of aromatic nitrogens is 3. The Kier molecular flexibility index (Phi) is 3.33. The highest BCUT2D eigenvalue weighted by Gasteiger charge is 2.28. The van der Waals surface area contributed by atoms with Crippen LogP contribution in [0, 0.1) is 0 Å². The molecule has 3 rings (SSSR count). The molecular weight excluding hydrogens is 260 g/mol. The topological polar surface area (TPSA) is 70.7 Å². The Morgan fingerprint density at radius 3 is 2.95 bits per heavy atom. The highest BCUT2D eigenvalue weighted by atomic mass is 32.1. The molecule has 1 fully saturated rings. The van der Waals surface area contributed by atoms with Crippen LogP contribution in [0.3, 0.4) is 0 Å². The molecule has 0 saturated heterocycles. The van der Waals surface area contributed by atoms with E-state index in [0.29, 0.717) is 12.5 Å². The van der Waals surface area contributed by atoms with E-state index in [9.17, 15) is 4.79 Å². The van der Waals surface area contributed by atoms with Gasteiger partial charge in [-0.2, -0.15) is 0 Å². The van der Waals surface area contributed by atoms with E-state index in [0.717, 1.165) is 30.0 Å². The van der Waals surface area contributed by atoms with Crippen LogP contribution in [-0.4, -0.2) is 21.1 Å². The van der Waals surface area contributed by atoms with E-state index >= 15 is 0 Å². The summed E-state index contributed by atoms with van der Waals surface area (Å²) >= 11 is 1.73. The minimum atomic E-state index is -0.213. The van der Waals surface area contributed by atoms with Gasteiger partial charge in [0.15, 0.2) is 0 Å². The molecule has 0 bridgehead atoms. The molecular formula is C13H16N4OS. The van der Waals surface area contributed by atoms with Crippen molar-refractivity contribution in [2.75, 3.05) is 0 Å². The Morgan fingerprint density at radius 2 is 2.26 bits per heavy atom. The van der Waals surface area contributed by atoms with Crippen LogP contribution in [0.1, 0.15) is 51.9 Å². The fourth-order valence-electron chi connectivity index (χ4n) is 1.87. The van der Waals surface area contributed by atoms with Gasteiger partial charge >= 0.3 is 0 Å². The van der Waals surface area contributed by atoms with Crippen molar-refractivity contribution in [2.45, 2.75) is 38.6 Å². The van der Waals surface area contributed by atoms with Crippen molar-refractivity contribution in [3.05, 3.63) is 33.5 Å². The fourth-order valence-corrected chi connectivity index (χ4v) is 2.77. The van der Waals surface area contributed by atoms with Gasteiger partial charge in [-0.15, -0.1) is 16.4 Å². The van der Waals surface area contributed by atoms with Crippen molar-refractivity contribution in [1.82, 2.24) is 20.5 Å². The highest BCUT2D eigenvalue weighted by Crippen LogP contribution is 2.37. The molecule has 0 atom stereocenters. The quantitative estimate of drug-likeness (QED) is 0.879.